The third-order valence-electron chi connectivity index (χ3n) is 11.2. The summed E-state index contributed by atoms with van der Waals surface area (Å²) in [5, 5.41) is 4.81. The van der Waals surface area contributed by atoms with Crippen LogP contribution in [0, 0.1) is 6.92 Å². The predicted molar refractivity (Wildman–Crippen MR) is 235 cm³/mol. The number of fused-ring (bicyclic) bond motifs is 6. The number of hydrogen-bond acceptors (Lipinski definition) is 3. The molecule has 0 aliphatic rings. The van der Waals surface area contributed by atoms with E-state index in [-0.39, 0.29) is 0 Å². The van der Waals surface area contributed by atoms with Crippen LogP contribution in [-0.4, -0.2) is 24.1 Å². The van der Waals surface area contributed by atoms with Crippen molar-refractivity contribution in [3.05, 3.63) is 200 Å². The average molecular weight is 730 g/mol. The van der Waals surface area contributed by atoms with Crippen molar-refractivity contribution in [1.82, 2.24) is 24.1 Å². The number of hydrogen-bond donors (Lipinski definition) is 0. The third-order valence-corrected chi connectivity index (χ3v) is 11.2. The summed E-state index contributed by atoms with van der Waals surface area (Å²) in [5.41, 5.74) is 15.6. The molecule has 0 aliphatic heterocycles. The largest absolute Gasteiger partial charge is 0.309 e. The second-order valence-corrected chi connectivity index (χ2v) is 14.6. The lowest BCUT2D eigenvalue weighted by atomic mass is 10.00. The van der Waals surface area contributed by atoms with Gasteiger partial charge in [-0.2, -0.15) is 0 Å². The Kier molecular flexibility index (Phi) is 7.64. The van der Waals surface area contributed by atoms with E-state index in [4.69, 9.17) is 15.0 Å². The molecule has 5 nitrogen and oxygen atoms in total. The van der Waals surface area contributed by atoms with Gasteiger partial charge in [0.1, 0.15) is 0 Å². The zero-order chi connectivity index (χ0) is 37.9. The predicted octanol–water partition coefficient (Wildman–Crippen LogP) is 13.0. The summed E-state index contributed by atoms with van der Waals surface area (Å²) in [6, 6.07) is 62.5. The molecule has 0 saturated heterocycles. The van der Waals surface area contributed by atoms with E-state index in [1.807, 2.05) is 24.7 Å². The van der Waals surface area contributed by atoms with Crippen LogP contribution in [0.15, 0.2) is 195 Å². The van der Waals surface area contributed by atoms with E-state index in [1.54, 1.807) is 0 Å². The van der Waals surface area contributed by atoms with Crippen LogP contribution in [0.5, 0.6) is 0 Å². The summed E-state index contributed by atoms with van der Waals surface area (Å²) in [4.78, 5) is 14.7. The van der Waals surface area contributed by atoms with Crippen LogP contribution in [-0.2, 0) is 0 Å². The number of rotatable bonds is 6. The molecular formula is C52H35N5. The van der Waals surface area contributed by atoms with Crippen LogP contribution < -0.4 is 0 Å². The molecule has 0 unspecified atom stereocenters. The van der Waals surface area contributed by atoms with E-state index in [0.717, 1.165) is 50.2 Å². The molecule has 0 saturated carbocycles. The van der Waals surface area contributed by atoms with Crippen LogP contribution in [0.25, 0.3) is 99.9 Å². The molecule has 4 aromatic heterocycles. The maximum absolute atomic E-state index is 4.94. The molecule has 0 amide bonds. The van der Waals surface area contributed by atoms with E-state index < -0.39 is 0 Å². The van der Waals surface area contributed by atoms with Crippen molar-refractivity contribution < 1.29 is 0 Å². The Morgan fingerprint density at radius 3 is 1.44 bits per heavy atom. The highest BCUT2D eigenvalue weighted by Crippen LogP contribution is 2.38. The fourth-order valence-corrected chi connectivity index (χ4v) is 8.45. The Labute approximate surface area is 329 Å². The Balaban J connectivity index is 0.928. The smallest absolute Gasteiger partial charge is 0.234 e. The second kappa shape index (κ2) is 13.3. The van der Waals surface area contributed by atoms with Gasteiger partial charge < -0.3 is 4.57 Å². The van der Waals surface area contributed by atoms with Crippen molar-refractivity contribution in [2.75, 3.05) is 0 Å². The number of aromatic nitrogens is 5. The monoisotopic (exact) mass is 729 g/mol. The van der Waals surface area contributed by atoms with Crippen LogP contribution in [0.3, 0.4) is 0 Å². The minimum Gasteiger partial charge on any atom is -0.309 e. The molecule has 7 aromatic carbocycles. The highest BCUT2D eigenvalue weighted by Gasteiger charge is 2.17. The normalized spacial score (nSPS) is 11.6. The van der Waals surface area contributed by atoms with Crippen molar-refractivity contribution in [3.8, 4) is 56.3 Å². The molecule has 0 fully saturated rings. The minimum atomic E-state index is 0.641. The highest BCUT2D eigenvalue weighted by atomic mass is 15.1. The van der Waals surface area contributed by atoms with Gasteiger partial charge >= 0.3 is 0 Å². The molecular weight excluding hydrogens is 695 g/mol. The maximum Gasteiger partial charge on any atom is 0.234 e. The molecule has 57 heavy (non-hydrogen) atoms. The summed E-state index contributed by atoms with van der Waals surface area (Å²) in [5.74, 6) is 0.641. The van der Waals surface area contributed by atoms with Crippen molar-refractivity contribution in [1.29, 1.82) is 0 Å². The summed E-state index contributed by atoms with van der Waals surface area (Å²) < 4.78 is 4.53. The number of pyridine rings is 1. The molecule has 11 rings (SSSR count). The molecule has 0 bridgehead atoms. The molecule has 0 aliphatic carbocycles. The zero-order valence-electron chi connectivity index (χ0n) is 31.2. The number of benzene rings is 7. The SMILES string of the molecule is Cc1cc(-c2ccccc2)cnc1-c1ccc(-c2cnc(-n3c4ccccc4c4cc(-c5ccc6c(c5)c5ccccc5n6-c5ccccc5)ccc43)nc2)cc1. The first kappa shape index (κ1) is 32.8. The third kappa shape index (κ3) is 5.51. The molecule has 268 valence electrons. The Morgan fingerprint density at radius 2 is 0.807 bits per heavy atom. The fraction of sp³-hybridized carbons (Fsp3) is 0.0192. The van der Waals surface area contributed by atoms with Gasteiger partial charge in [-0.1, -0.05) is 121 Å². The Morgan fingerprint density at radius 1 is 0.333 bits per heavy atom. The van der Waals surface area contributed by atoms with Gasteiger partial charge in [0.25, 0.3) is 0 Å². The Hall–Kier alpha value is -7.63. The minimum absolute atomic E-state index is 0.641. The van der Waals surface area contributed by atoms with Gasteiger partial charge in [-0.05, 0) is 89.3 Å². The van der Waals surface area contributed by atoms with Crippen LogP contribution in [0.4, 0.5) is 0 Å². The van der Waals surface area contributed by atoms with Crippen molar-refractivity contribution >= 4 is 43.6 Å². The molecule has 0 radical (unpaired) electrons. The van der Waals surface area contributed by atoms with E-state index in [2.05, 4.69) is 186 Å². The van der Waals surface area contributed by atoms with Crippen LogP contribution in [0.1, 0.15) is 5.56 Å². The number of aryl methyl sites for hydroxylation is 1. The molecule has 0 spiro atoms. The first-order valence-electron chi connectivity index (χ1n) is 19.3. The van der Waals surface area contributed by atoms with Gasteiger partial charge in [0.2, 0.25) is 5.95 Å². The van der Waals surface area contributed by atoms with E-state index in [1.165, 1.54) is 49.3 Å². The van der Waals surface area contributed by atoms with Crippen molar-refractivity contribution in [2.24, 2.45) is 0 Å². The average Bonchev–Trinajstić information content (AvgIpc) is 3.79. The number of nitrogens with zero attached hydrogens (tertiary/aromatic N) is 5. The molecule has 5 heteroatoms. The molecule has 11 aromatic rings. The summed E-state index contributed by atoms with van der Waals surface area (Å²) in [7, 11) is 0. The number of para-hydroxylation sites is 3. The lowest BCUT2D eigenvalue weighted by molar-refractivity contribution is 0.990. The first-order valence-corrected chi connectivity index (χ1v) is 19.3. The highest BCUT2D eigenvalue weighted by molar-refractivity contribution is 6.12. The fourth-order valence-electron chi connectivity index (χ4n) is 8.45. The standard InChI is InChI=1S/C52H35N5/c1-34-28-40(35-12-4-2-5-13-35)31-53-51(34)37-22-20-36(21-23-37)41-32-54-52(55-33-41)57-48-19-11-9-17-44(48)46-30-39(25-27-50(46)57)38-24-26-49-45(29-38)43-16-8-10-18-47(43)56(49)42-14-6-3-7-15-42/h2-33H,1H3. The van der Waals surface area contributed by atoms with E-state index >= 15 is 0 Å². The Bertz CT molecular complexity index is 3270. The van der Waals surface area contributed by atoms with Crippen LogP contribution in [0.2, 0.25) is 0 Å². The summed E-state index contributed by atoms with van der Waals surface area (Å²) >= 11 is 0. The molecule has 0 atom stereocenters. The van der Waals surface area contributed by atoms with Crippen molar-refractivity contribution in [2.45, 2.75) is 6.92 Å². The lowest BCUT2D eigenvalue weighted by Crippen LogP contribution is -2.00. The van der Waals surface area contributed by atoms with E-state index in [9.17, 15) is 0 Å². The molecule has 4 heterocycles. The first-order chi connectivity index (χ1) is 28.2. The quantitative estimate of drug-likeness (QED) is 0.171. The van der Waals surface area contributed by atoms with Gasteiger partial charge in [-0.15, -0.1) is 0 Å². The lowest BCUT2D eigenvalue weighted by Gasteiger charge is -2.10. The maximum atomic E-state index is 4.94. The van der Waals surface area contributed by atoms with Gasteiger partial charge in [0, 0.05) is 62.5 Å². The van der Waals surface area contributed by atoms with Crippen molar-refractivity contribution in [3.63, 3.8) is 0 Å². The topological polar surface area (TPSA) is 48.5 Å². The van der Waals surface area contributed by atoms with E-state index in [0.29, 0.717) is 5.95 Å². The summed E-state index contributed by atoms with van der Waals surface area (Å²) in [6.07, 6.45) is 5.80. The zero-order valence-corrected chi connectivity index (χ0v) is 31.2. The molecule has 0 N–H and O–H groups in total. The van der Waals surface area contributed by atoms with Gasteiger partial charge in [0.05, 0.1) is 27.8 Å². The second-order valence-electron chi connectivity index (χ2n) is 14.6. The summed E-state index contributed by atoms with van der Waals surface area (Å²) in [6.45, 7) is 2.12. The van der Waals surface area contributed by atoms with Crippen LogP contribution >= 0.6 is 0 Å². The van der Waals surface area contributed by atoms with Gasteiger partial charge in [-0.3, -0.25) is 9.55 Å². The van der Waals surface area contributed by atoms with Gasteiger partial charge in [0.15, 0.2) is 0 Å². The van der Waals surface area contributed by atoms with Gasteiger partial charge in [-0.25, -0.2) is 9.97 Å².